The highest BCUT2D eigenvalue weighted by Crippen LogP contribution is 2.43. The molecule has 33 heavy (non-hydrogen) atoms. The number of aromatic nitrogens is 2. The summed E-state index contributed by atoms with van der Waals surface area (Å²) in [5.41, 5.74) is 2.36. The van der Waals surface area contributed by atoms with Gasteiger partial charge >= 0.3 is 0 Å². The third kappa shape index (κ3) is 3.92. The molecule has 9 heteroatoms. The average molecular weight is 471 g/mol. The van der Waals surface area contributed by atoms with Gasteiger partial charge < -0.3 is 10.4 Å². The van der Waals surface area contributed by atoms with E-state index in [1.54, 1.807) is 18.2 Å². The zero-order valence-corrected chi connectivity index (χ0v) is 19.1. The molecular weight excluding hydrogens is 443 g/mol. The number of aliphatic hydroxyl groups is 1. The fourth-order valence-electron chi connectivity index (χ4n) is 4.67. The molecule has 0 unspecified atom stereocenters. The number of hydrogen-bond acceptors (Lipinski definition) is 5. The van der Waals surface area contributed by atoms with Crippen molar-refractivity contribution >= 4 is 32.4 Å². The smallest absolute Gasteiger partial charge is 0.243 e. The molecule has 2 N–H and O–H groups in total. The van der Waals surface area contributed by atoms with Gasteiger partial charge in [0.15, 0.2) is 5.82 Å². The highest BCUT2D eigenvalue weighted by Gasteiger charge is 2.32. The van der Waals surface area contributed by atoms with E-state index in [0.29, 0.717) is 37.8 Å². The van der Waals surface area contributed by atoms with Crippen LogP contribution in [0.15, 0.2) is 41.3 Å². The molecule has 3 aliphatic rings. The van der Waals surface area contributed by atoms with Crippen LogP contribution in [0.4, 0.5) is 15.9 Å². The molecule has 3 fully saturated rings. The van der Waals surface area contributed by atoms with Crippen LogP contribution in [0.25, 0.3) is 10.9 Å². The van der Waals surface area contributed by atoms with E-state index in [1.807, 2.05) is 16.8 Å². The molecule has 2 saturated carbocycles. The first kappa shape index (κ1) is 21.1. The number of piperidine rings is 1. The number of benzene rings is 2. The lowest BCUT2D eigenvalue weighted by atomic mass is 10.1. The molecule has 0 atom stereocenters. The predicted octanol–water partition coefficient (Wildman–Crippen LogP) is 4.28. The molecular formula is C24H27FN4O3S. The normalized spacial score (nSPS) is 20.4. The first-order valence-corrected chi connectivity index (χ1v) is 13.1. The van der Waals surface area contributed by atoms with Crippen LogP contribution in [0, 0.1) is 5.82 Å². The van der Waals surface area contributed by atoms with Gasteiger partial charge in [-0.3, -0.25) is 4.68 Å². The van der Waals surface area contributed by atoms with Crippen LogP contribution < -0.4 is 5.32 Å². The van der Waals surface area contributed by atoms with Crippen molar-refractivity contribution in [1.82, 2.24) is 14.1 Å². The minimum Gasteiger partial charge on any atom is -0.393 e. The minimum atomic E-state index is -3.67. The van der Waals surface area contributed by atoms with Crippen LogP contribution >= 0.6 is 0 Å². The summed E-state index contributed by atoms with van der Waals surface area (Å²) in [5.74, 6) is 0.681. The number of rotatable bonds is 6. The van der Waals surface area contributed by atoms with Gasteiger partial charge in [0.2, 0.25) is 10.0 Å². The first-order valence-electron chi connectivity index (χ1n) is 11.7. The highest BCUT2D eigenvalue weighted by molar-refractivity contribution is 7.89. The number of hydrogen-bond donors (Lipinski definition) is 2. The summed E-state index contributed by atoms with van der Waals surface area (Å²) in [6.45, 7) is 0.626. The first-order chi connectivity index (χ1) is 15.9. The molecule has 2 aliphatic carbocycles. The standard InChI is InChI=1S/C24H27FN4O3S/c25-22-7-3-16(13-20(22)15-1-2-15)26-24-21-14-19(6-8-23(21)29(27-24)17-4-5-17)33(31,32)28-11-9-18(30)10-12-28/h3,6-8,13-15,17-18,30H,1-2,4-5,9-12H2,(H,26,27). The van der Waals surface area contributed by atoms with Gasteiger partial charge in [-0.1, -0.05) is 0 Å². The maximum atomic E-state index is 14.2. The number of aliphatic hydroxyl groups excluding tert-OH is 1. The van der Waals surface area contributed by atoms with Crippen LogP contribution in [-0.2, 0) is 10.0 Å². The Morgan fingerprint density at radius 3 is 2.45 bits per heavy atom. The number of fused-ring (bicyclic) bond motifs is 1. The number of nitrogens with one attached hydrogen (secondary N) is 1. The molecule has 0 spiro atoms. The topological polar surface area (TPSA) is 87.5 Å². The largest absolute Gasteiger partial charge is 0.393 e. The van der Waals surface area contributed by atoms with E-state index >= 15 is 0 Å². The summed E-state index contributed by atoms with van der Waals surface area (Å²) in [5, 5.41) is 18.6. The van der Waals surface area contributed by atoms with E-state index in [4.69, 9.17) is 5.10 Å². The fraction of sp³-hybridized carbons (Fsp3) is 0.458. The van der Waals surface area contributed by atoms with Gasteiger partial charge in [-0.05, 0) is 86.4 Å². The molecule has 1 saturated heterocycles. The Bertz CT molecular complexity index is 1320. The monoisotopic (exact) mass is 470 g/mol. The third-order valence-electron chi connectivity index (χ3n) is 6.91. The molecule has 0 bridgehead atoms. The predicted molar refractivity (Wildman–Crippen MR) is 124 cm³/mol. The van der Waals surface area contributed by atoms with Crippen molar-refractivity contribution in [3.63, 3.8) is 0 Å². The Hall–Kier alpha value is -2.49. The number of nitrogens with zero attached hydrogens (tertiary/aromatic N) is 3. The van der Waals surface area contributed by atoms with E-state index in [9.17, 15) is 17.9 Å². The van der Waals surface area contributed by atoms with E-state index in [-0.39, 0.29) is 16.6 Å². The summed E-state index contributed by atoms with van der Waals surface area (Å²) >= 11 is 0. The van der Waals surface area contributed by atoms with Gasteiger partial charge in [0, 0.05) is 24.2 Å². The molecule has 3 aromatic rings. The quantitative estimate of drug-likeness (QED) is 0.562. The molecule has 6 rings (SSSR count). The van der Waals surface area contributed by atoms with E-state index in [0.717, 1.165) is 47.8 Å². The molecule has 7 nitrogen and oxygen atoms in total. The molecule has 2 heterocycles. The van der Waals surface area contributed by atoms with Gasteiger partial charge in [-0.15, -0.1) is 0 Å². The zero-order valence-electron chi connectivity index (χ0n) is 18.2. The van der Waals surface area contributed by atoms with E-state index in [2.05, 4.69) is 5.32 Å². The maximum Gasteiger partial charge on any atom is 0.243 e. The van der Waals surface area contributed by atoms with Crippen LogP contribution in [0.2, 0.25) is 0 Å². The van der Waals surface area contributed by atoms with E-state index < -0.39 is 16.1 Å². The lowest BCUT2D eigenvalue weighted by Crippen LogP contribution is -2.39. The van der Waals surface area contributed by atoms with Crippen LogP contribution in [0.3, 0.4) is 0 Å². The van der Waals surface area contributed by atoms with Crippen LogP contribution in [0.5, 0.6) is 0 Å². The summed E-state index contributed by atoms with van der Waals surface area (Å²) in [6.07, 6.45) is 4.57. The lowest BCUT2D eigenvalue weighted by Gasteiger charge is -2.28. The second-order valence-electron chi connectivity index (χ2n) is 9.47. The van der Waals surface area contributed by atoms with Crippen molar-refractivity contribution in [3.8, 4) is 0 Å². The maximum absolute atomic E-state index is 14.2. The van der Waals surface area contributed by atoms with Gasteiger partial charge in [-0.2, -0.15) is 9.40 Å². The van der Waals surface area contributed by atoms with E-state index in [1.165, 1.54) is 10.4 Å². The molecule has 2 aromatic carbocycles. The summed E-state index contributed by atoms with van der Waals surface area (Å²) < 4.78 is 44.2. The molecule has 1 aliphatic heterocycles. The van der Waals surface area contributed by atoms with Crippen molar-refractivity contribution in [2.75, 3.05) is 18.4 Å². The second-order valence-corrected chi connectivity index (χ2v) is 11.4. The molecule has 1 aromatic heterocycles. The third-order valence-corrected chi connectivity index (χ3v) is 8.80. The minimum absolute atomic E-state index is 0.184. The zero-order chi connectivity index (χ0) is 22.7. The Morgan fingerprint density at radius 2 is 1.76 bits per heavy atom. The van der Waals surface area contributed by atoms with Crippen molar-refractivity contribution in [3.05, 3.63) is 47.8 Å². The Labute approximate surface area is 192 Å². The molecule has 0 amide bonds. The fourth-order valence-corrected chi connectivity index (χ4v) is 6.16. The number of sulfonamides is 1. The summed E-state index contributed by atoms with van der Waals surface area (Å²) in [6, 6.07) is 10.5. The SMILES string of the molecule is O=S(=O)(c1ccc2c(c1)c(Nc1ccc(F)c(C3CC3)c1)nn2C1CC1)N1CCC(O)CC1. The molecule has 174 valence electrons. The van der Waals surface area contributed by atoms with Crippen molar-refractivity contribution in [2.24, 2.45) is 0 Å². The van der Waals surface area contributed by atoms with Gasteiger partial charge in [-0.25, -0.2) is 12.8 Å². The van der Waals surface area contributed by atoms with Crippen molar-refractivity contribution in [2.45, 2.75) is 61.5 Å². The van der Waals surface area contributed by atoms with Crippen LogP contribution in [0.1, 0.15) is 56.0 Å². The number of anilines is 2. The van der Waals surface area contributed by atoms with Crippen molar-refractivity contribution < 1.29 is 17.9 Å². The Morgan fingerprint density at radius 1 is 1.00 bits per heavy atom. The average Bonchev–Trinajstić information content (AvgIpc) is 3.73. The summed E-state index contributed by atoms with van der Waals surface area (Å²) in [4.78, 5) is 0.225. The highest BCUT2D eigenvalue weighted by atomic mass is 32.2. The second kappa shape index (κ2) is 7.78. The van der Waals surface area contributed by atoms with Gasteiger partial charge in [0.25, 0.3) is 0 Å². The lowest BCUT2D eigenvalue weighted by molar-refractivity contribution is 0.113. The Kier molecular flexibility index (Phi) is 4.97. The summed E-state index contributed by atoms with van der Waals surface area (Å²) in [7, 11) is -3.67. The van der Waals surface area contributed by atoms with Gasteiger partial charge in [0.1, 0.15) is 5.82 Å². The Balaban J connectivity index is 1.38. The number of halogens is 1. The van der Waals surface area contributed by atoms with Crippen molar-refractivity contribution in [1.29, 1.82) is 0 Å². The van der Waals surface area contributed by atoms with Gasteiger partial charge in [0.05, 0.1) is 22.6 Å². The van der Waals surface area contributed by atoms with Crippen LogP contribution in [-0.4, -0.2) is 46.8 Å². The molecule has 0 radical (unpaired) electrons.